The van der Waals surface area contributed by atoms with Crippen molar-refractivity contribution in [1.29, 1.82) is 0 Å². The summed E-state index contributed by atoms with van der Waals surface area (Å²) < 4.78 is 0. The van der Waals surface area contributed by atoms with Gasteiger partial charge < -0.3 is 20.4 Å². The number of aliphatic hydroxyl groups is 2. The van der Waals surface area contributed by atoms with Gasteiger partial charge in [-0.1, -0.05) is 30.3 Å². The first-order valence-corrected chi connectivity index (χ1v) is 5.17. The zero-order valence-corrected chi connectivity index (χ0v) is 9.70. The molecule has 0 saturated carbocycles. The summed E-state index contributed by atoms with van der Waals surface area (Å²) in [7, 11) is 0. The maximum atomic E-state index is 11.2. The molecule has 0 radical (unpaired) electrons. The molecule has 2 unspecified atom stereocenters. The van der Waals surface area contributed by atoms with Crippen molar-refractivity contribution in [1.82, 2.24) is 0 Å². The standard InChI is InChI=1S/C12H14O6/c1-11(17,9(13)14)7-12(18,10(15)16)8-5-3-2-4-6-8/h2-6,17-18H,7H2,1H3,(H,13,14)(H,15,16). The Balaban J connectivity index is 3.19. The lowest BCUT2D eigenvalue weighted by Gasteiger charge is -2.29. The molecule has 1 aromatic carbocycles. The van der Waals surface area contributed by atoms with Crippen LogP contribution in [0.15, 0.2) is 30.3 Å². The second-order valence-electron chi connectivity index (χ2n) is 4.29. The first kappa shape index (κ1) is 14.1. The van der Waals surface area contributed by atoms with Crippen molar-refractivity contribution in [2.24, 2.45) is 0 Å². The van der Waals surface area contributed by atoms with Crippen molar-refractivity contribution in [3.05, 3.63) is 35.9 Å². The molecule has 4 N–H and O–H groups in total. The quantitative estimate of drug-likeness (QED) is 0.596. The van der Waals surface area contributed by atoms with Gasteiger partial charge in [-0.3, -0.25) is 0 Å². The molecule has 6 heteroatoms. The van der Waals surface area contributed by atoms with Crippen LogP contribution in [0.1, 0.15) is 18.9 Å². The molecule has 0 saturated heterocycles. The van der Waals surface area contributed by atoms with E-state index in [1.165, 1.54) is 24.3 Å². The molecule has 0 aliphatic heterocycles. The van der Waals surface area contributed by atoms with E-state index in [0.29, 0.717) is 0 Å². The largest absolute Gasteiger partial charge is 0.479 e. The normalized spacial score (nSPS) is 17.5. The van der Waals surface area contributed by atoms with Gasteiger partial charge in [-0.2, -0.15) is 0 Å². The summed E-state index contributed by atoms with van der Waals surface area (Å²) in [4.78, 5) is 22.0. The molecule has 0 aliphatic rings. The van der Waals surface area contributed by atoms with E-state index in [2.05, 4.69) is 0 Å². The smallest absolute Gasteiger partial charge is 0.340 e. The molecule has 6 nitrogen and oxygen atoms in total. The average molecular weight is 254 g/mol. The van der Waals surface area contributed by atoms with Crippen LogP contribution in [0.25, 0.3) is 0 Å². The van der Waals surface area contributed by atoms with Crippen molar-refractivity contribution < 1.29 is 30.0 Å². The highest BCUT2D eigenvalue weighted by molar-refractivity contribution is 5.82. The second kappa shape index (κ2) is 4.75. The fourth-order valence-electron chi connectivity index (χ4n) is 1.59. The van der Waals surface area contributed by atoms with Crippen LogP contribution in [0.3, 0.4) is 0 Å². The number of hydrogen-bond donors (Lipinski definition) is 4. The third-order valence-electron chi connectivity index (χ3n) is 2.67. The van der Waals surface area contributed by atoms with Crippen LogP contribution in [0, 0.1) is 0 Å². The topological polar surface area (TPSA) is 115 Å². The maximum absolute atomic E-state index is 11.2. The SMILES string of the molecule is CC(O)(CC(O)(C(=O)O)c1ccccc1)C(=O)O. The first-order valence-electron chi connectivity index (χ1n) is 5.17. The van der Waals surface area contributed by atoms with E-state index >= 15 is 0 Å². The zero-order valence-electron chi connectivity index (χ0n) is 9.70. The lowest BCUT2D eigenvalue weighted by molar-refractivity contribution is -0.176. The Morgan fingerprint density at radius 1 is 1.06 bits per heavy atom. The third kappa shape index (κ3) is 2.66. The average Bonchev–Trinajstić information content (AvgIpc) is 2.29. The lowest BCUT2D eigenvalue weighted by Crippen LogP contribution is -2.47. The third-order valence-corrected chi connectivity index (χ3v) is 2.67. The molecule has 1 rings (SSSR count). The minimum Gasteiger partial charge on any atom is -0.479 e. The van der Waals surface area contributed by atoms with Crippen LogP contribution < -0.4 is 0 Å². The fourth-order valence-corrected chi connectivity index (χ4v) is 1.59. The van der Waals surface area contributed by atoms with Crippen LogP contribution >= 0.6 is 0 Å². The molecule has 0 bridgehead atoms. The molecule has 0 heterocycles. The summed E-state index contributed by atoms with van der Waals surface area (Å²) >= 11 is 0. The van der Waals surface area contributed by atoms with Crippen LogP contribution in [0.4, 0.5) is 0 Å². The molecule has 0 fully saturated rings. The van der Waals surface area contributed by atoms with Gasteiger partial charge in [0.1, 0.15) is 0 Å². The van der Waals surface area contributed by atoms with Crippen molar-refractivity contribution in [2.75, 3.05) is 0 Å². The van der Waals surface area contributed by atoms with E-state index in [-0.39, 0.29) is 5.56 Å². The van der Waals surface area contributed by atoms with E-state index in [9.17, 15) is 19.8 Å². The molecule has 0 amide bonds. The zero-order chi connectivity index (χ0) is 14.0. The Labute approximate surface area is 103 Å². The predicted molar refractivity (Wildman–Crippen MR) is 60.9 cm³/mol. The van der Waals surface area contributed by atoms with Gasteiger partial charge in [0.05, 0.1) is 0 Å². The maximum Gasteiger partial charge on any atom is 0.340 e. The van der Waals surface area contributed by atoms with E-state index in [1.807, 2.05) is 0 Å². The molecule has 18 heavy (non-hydrogen) atoms. The van der Waals surface area contributed by atoms with Gasteiger partial charge >= 0.3 is 11.9 Å². The summed E-state index contributed by atoms with van der Waals surface area (Å²) in [6.45, 7) is 0.937. The summed E-state index contributed by atoms with van der Waals surface area (Å²) in [5.74, 6) is -3.21. The minimum atomic E-state index is -2.46. The van der Waals surface area contributed by atoms with Gasteiger partial charge in [0.15, 0.2) is 11.2 Å². The number of carboxylic acid groups (broad SMARTS) is 2. The van der Waals surface area contributed by atoms with Gasteiger partial charge in [0.25, 0.3) is 0 Å². The van der Waals surface area contributed by atoms with Crippen LogP contribution in [-0.2, 0) is 15.2 Å². The number of carbonyl (C=O) groups is 2. The van der Waals surface area contributed by atoms with Gasteiger partial charge in [-0.05, 0) is 12.5 Å². The van der Waals surface area contributed by atoms with E-state index in [1.54, 1.807) is 6.07 Å². The summed E-state index contributed by atoms with van der Waals surface area (Å²) in [6.07, 6.45) is -0.852. The molecule has 2 atom stereocenters. The number of hydrogen-bond acceptors (Lipinski definition) is 4. The van der Waals surface area contributed by atoms with Crippen LogP contribution in [-0.4, -0.2) is 38.0 Å². The highest BCUT2D eigenvalue weighted by atomic mass is 16.4. The predicted octanol–water partition coefficient (Wildman–Crippen LogP) is 0.184. The number of rotatable bonds is 5. The van der Waals surface area contributed by atoms with Crippen molar-refractivity contribution in [3.8, 4) is 0 Å². The van der Waals surface area contributed by atoms with E-state index in [4.69, 9.17) is 10.2 Å². The molecule has 0 aromatic heterocycles. The van der Waals surface area contributed by atoms with Crippen molar-refractivity contribution in [2.45, 2.75) is 24.5 Å². The molecule has 0 spiro atoms. The highest BCUT2D eigenvalue weighted by Gasteiger charge is 2.47. The van der Waals surface area contributed by atoms with Gasteiger partial charge in [-0.25, -0.2) is 9.59 Å². The van der Waals surface area contributed by atoms with Gasteiger partial charge in [-0.15, -0.1) is 0 Å². The van der Waals surface area contributed by atoms with E-state index < -0.39 is 29.6 Å². The first-order chi connectivity index (χ1) is 8.20. The fraction of sp³-hybridized carbons (Fsp3) is 0.333. The Hall–Kier alpha value is -1.92. The Kier molecular flexibility index (Phi) is 3.73. The molecular weight excluding hydrogens is 240 g/mol. The number of carboxylic acids is 2. The summed E-state index contributed by atoms with van der Waals surface area (Å²) in [6, 6.07) is 7.36. The monoisotopic (exact) mass is 254 g/mol. The molecule has 98 valence electrons. The summed E-state index contributed by atoms with van der Waals surface area (Å²) in [5, 5.41) is 37.6. The summed E-state index contributed by atoms with van der Waals surface area (Å²) in [5.41, 5.74) is -4.79. The Morgan fingerprint density at radius 2 is 1.56 bits per heavy atom. The van der Waals surface area contributed by atoms with Crippen molar-refractivity contribution >= 4 is 11.9 Å². The number of aliphatic carboxylic acids is 2. The molecule has 0 aliphatic carbocycles. The molecule has 1 aromatic rings. The Bertz CT molecular complexity index is 453. The minimum absolute atomic E-state index is 0.0130. The van der Waals surface area contributed by atoms with Crippen molar-refractivity contribution in [3.63, 3.8) is 0 Å². The van der Waals surface area contributed by atoms with Gasteiger partial charge in [0, 0.05) is 6.42 Å². The highest BCUT2D eigenvalue weighted by Crippen LogP contribution is 2.31. The second-order valence-corrected chi connectivity index (χ2v) is 4.29. The molecular formula is C12H14O6. The van der Waals surface area contributed by atoms with Gasteiger partial charge in [0.2, 0.25) is 0 Å². The number of benzene rings is 1. The Morgan fingerprint density at radius 3 is 1.94 bits per heavy atom. The van der Waals surface area contributed by atoms with Crippen LogP contribution in [0.5, 0.6) is 0 Å². The van der Waals surface area contributed by atoms with Crippen LogP contribution in [0.2, 0.25) is 0 Å². The lowest BCUT2D eigenvalue weighted by atomic mass is 9.83. The van der Waals surface area contributed by atoms with E-state index in [0.717, 1.165) is 6.92 Å².